The first kappa shape index (κ1) is 14.0. The lowest BCUT2D eigenvalue weighted by Crippen LogP contribution is -1.96. The Kier molecular flexibility index (Phi) is 3.22. The maximum atomic E-state index is 11.6. The molecule has 21 heavy (non-hydrogen) atoms. The van der Waals surface area contributed by atoms with Crippen LogP contribution in [0, 0.1) is 6.92 Å². The zero-order valence-corrected chi connectivity index (χ0v) is 13.4. The summed E-state index contributed by atoms with van der Waals surface area (Å²) >= 11 is 1.37. The number of hydrogen-bond donors (Lipinski definition) is 2. The number of benzene rings is 1. The molecule has 0 fully saturated rings. The van der Waals surface area contributed by atoms with Gasteiger partial charge in [-0.25, -0.2) is 13.4 Å². The number of anilines is 1. The molecule has 0 bridgehead atoms. The molecule has 1 aromatic carbocycles. The lowest BCUT2D eigenvalue weighted by molar-refractivity contribution is 0.602. The smallest absolute Gasteiger partial charge is 0.175 e. The molecule has 3 aromatic rings. The van der Waals surface area contributed by atoms with Crippen molar-refractivity contribution in [3.8, 4) is 11.4 Å². The van der Waals surface area contributed by atoms with Gasteiger partial charge in [-0.1, -0.05) is 0 Å². The average molecular weight is 322 g/mol. The quantitative estimate of drug-likeness (QED) is 0.773. The van der Waals surface area contributed by atoms with E-state index in [4.69, 9.17) is 0 Å². The van der Waals surface area contributed by atoms with Gasteiger partial charge in [0.05, 0.1) is 27.2 Å². The van der Waals surface area contributed by atoms with Crippen molar-refractivity contribution in [3.63, 3.8) is 0 Å². The van der Waals surface area contributed by atoms with Crippen molar-refractivity contribution in [3.05, 3.63) is 23.9 Å². The molecule has 2 N–H and O–H groups in total. The third-order valence-corrected chi connectivity index (χ3v) is 5.27. The van der Waals surface area contributed by atoms with Crippen molar-refractivity contribution >= 4 is 37.4 Å². The summed E-state index contributed by atoms with van der Waals surface area (Å²) < 4.78 is 27.5. The molecule has 2 aromatic heterocycles. The Morgan fingerprint density at radius 3 is 2.76 bits per heavy atom. The summed E-state index contributed by atoms with van der Waals surface area (Å²) in [6.45, 7) is 1.92. The number of fused-ring (bicyclic) bond motifs is 1. The van der Waals surface area contributed by atoms with E-state index >= 15 is 0 Å². The molecule has 0 radical (unpaired) electrons. The van der Waals surface area contributed by atoms with Crippen LogP contribution in [0.3, 0.4) is 0 Å². The van der Waals surface area contributed by atoms with Crippen LogP contribution >= 0.6 is 11.5 Å². The molecule has 0 spiro atoms. The molecule has 2 heterocycles. The van der Waals surface area contributed by atoms with E-state index < -0.39 is 9.84 Å². The zero-order chi connectivity index (χ0) is 15.2. The zero-order valence-electron chi connectivity index (χ0n) is 11.8. The van der Waals surface area contributed by atoms with Crippen LogP contribution in [-0.2, 0) is 9.84 Å². The lowest BCUT2D eigenvalue weighted by atomic mass is 10.2. The Labute approximate surface area is 126 Å². The molecule has 0 aliphatic rings. The molecule has 8 heteroatoms. The second-order valence-electron chi connectivity index (χ2n) is 4.76. The standard InChI is InChI=1S/C13H14N4O2S2/c1-7-11(13(14-2)20-17-7)12-15-9-5-4-8(21(3,18)19)6-10(9)16-12/h4-6,14H,1-3H3,(H,15,16). The van der Waals surface area contributed by atoms with E-state index in [1.807, 2.05) is 14.0 Å². The second kappa shape index (κ2) is 4.81. The molecule has 3 rings (SSSR count). The Morgan fingerprint density at radius 1 is 1.33 bits per heavy atom. The fourth-order valence-electron chi connectivity index (χ4n) is 2.16. The predicted molar refractivity (Wildman–Crippen MR) is 84.6 cm³/mol. The van der Waals surface area contributed by atoms with Gasteiger partial charge in [0.15, 0.2) is 9.84 Å². The Balaban J connectivity index is 2.20. The molecule has 0 aliphatic heterocycles. The average Bonchev–Trinajstić information content (AvgIpc) is 2.98. The van der Waals surface area contributed by atoms with Crippen molar-refractivity contribution in [2.45, 2.75) is 11.8 Å². The third-order valence-electron chi connectivity index (χ3n) is 3.21. The Hall–Kier alpha value is -1.93. The molecule has 0 unspecified atom stereocenters. The van der Waals surface area contributed by atoms with Crippen LogP contribution in [0.2, 0.25) is 0 Å². The normalized spacial score (nSPS) is 12.0. The number of sulfone groups is 1. The highest BCUT2D eigenvalue weighted by Gasteiger charge is 2.16. The van der Waals surface area contributed by atoms with Crippen LogP contribution in [-0.4, -0.2) is 36.1 Å². The summed E-state index contributed by atoms with van der Waals surface area (Å²) in [5, 5.41) is 4.02. The van der Waals surface area contributed by atoms with Crippen LogP contribution in [0.4, 0.5) is 5.00 Å². The Morgan fingerprint density at radius 2 is 2.10 bits per heavy atom. The molecule has 0 saturated carbocycles. The SMILES string of the molecule is CNc1snc(C)c1-c1nc2ccc(S(C)(=O)=O)cc2[nH]1. The number of aromatic amines is 1. The third kappa shape index (κ3) is 2.40. The van der Waals surface area contributed by atoms with E-state index in [2.05, 4.69) is 19.7 Å². The maximum Gasteiger partial charge on any atom is 0.175 e. The lowest BCUT2D eigenvalue weighted by Gasteiger charge is -1.99. The fourth-order valence-corrected chi connectivity index (χ4v) is 3.55. The number of rotatable bonds is 3. The number of imidazole rings is 1. The summed E-state index contributed by atoms with van der Waals surface area (Å²) in [4.78, 5) is 7.98. The summed E-state index contributed by atoms with van der Waals surface area (Å²) in [6, 6.07) is 4.88. The molecule has 0 amide bonds. The molecule has 0 saturated heterocycles. The first-order chi connectivity index (χ1) is 9.90. The molecular formula is C13H14N4O2S2. The number of nitrogens with one attached hydrogen (secondary N) is 2. The highest BCUT2D eigenvalue weighted by molar-refractivity contribution is 7.90. The van der Waals surface area contributed by atoms with Crippen molar-refractivity contribution in [1.82, 2.24) is 14.3 Å². The van der Waals surface area contributed by atoms with Gasteiger partial charge in [-0.15, -0.1) is 0 Å². The van der Waals surface area contributed by atoms with E-state index in [-0.39, 0.29) is 4.90 Å². The van der Waals surface area contributed by atoms with Crippen LogP contribution in [0.5, 0.6) is 0 Å². The van der Waals surface area contributed by atoms with Gasteiger partial charge in [0.2, 0.25) is 0 Å². The molecule has 0 atom stereocenters. The van der Waals surface area contributed by atoms with Crippen LogP contribution in [0.15, 0.2) is 23.1 Å². The van der Waals surface area contributed by atoms with Crippen molar-refractivity contribution in [2.24, 2.45) is 0 Å². The second-order valence-corrected chi connectivity index (χ2v) is 7.55. The van der Waals surface area contributed by atoms with E-state index in [1.54, 1.807) is 18.2 Å². The van der Waals surface area contributed by atoms with E-state index in [0.29, 0.717) is 11.3 Å². The first-order valence-electron chi connectivity index (χ1n) is 6.24. The minimum Gasteiger partial charge on any atom is -0.378 e. The molecular weight excluding hydrogens is 308 g/mol. The van der Waals surface area contributed by atoms with Gasteiger partial charge in [0.25, 0.3) is 0 Å². The van der Waals surface area contributed by atoms with Gasteiger partial charge in [0.1, 0.15) is 10.8 Å². The first-order valence-corrected chi connectivity index (χ1v) is 8.91. The summed E-state index contributed by atoms with van der Waals surface area (Å²) in [5.41, 5.74) is 3.22. The van der Waals surface area contributed by atoms with Crippen LogP contribution in [0.1, 0.15) is 5.69 Å². The van der Waals surface area contributed by atoms with E-state index in [1.165, 1.54) is 17.8 Å². The topological polar surface area (TPSA) is 87.7 Å². The molecule has 0 aliphatic carbocycles. The van der Waals surface area contributed by atoms with Gasteiger partial charge in [-0.2, -0.15) is 4.37 Å². The predicted octanol–water partition coefficient (Wildman–Crippen LogP) is 2.44. The number of hydrogen-bond acceptors (Lipinski definition) is 6. The van der Waals surface area contributed by atoms with E-state index in [0.717, 1.165) is 21.8 Å². The fraction of sp³-hybridized carbons (Fsp3) is 0.231. The maximum absolute atomic E-state index is 11.6. The van der Waals surface area contributed by atoms with Crippen LogP contribution in [0.25, 0.3) is 22.4 Å². The van der Waals surface area contributed by atoms with E-state index in [9.17, 15) is 8.42 Å². The highest BCUT2D eigenvalue weighted by Crippen LogP contribution is 2.33. The van der Waals surface area contributed by atoms with Gasteiger partial charge >= 0.3 is 0 Å². The number of aromatic nitrogens is 3. The van der Waals surface area contributed by atoms with Gasteiger partial charge in [-0.05, 0) is 36.7 Å². The van der Waals surface area contributed by atoms with Crippen molar-refractivity contribution < 1.29 is 8.42 Å². The van der Waals surface area contributed by atoms with Crippen molar-refractivity contribution in [1.29, 1.82) is 0 Å². The number of nitrogens with zero attached hydrogens (tertiary/aromatic N) is 2. The van der Waals surface area contributed by atoms with Crippen LogP contribution < -0.4 is 5.32 Å². The van der Waals surface area contributed by atoms with Crippen molar-refractivity contribution in [2.75, 3.05) is 18.6 Å². The number of aryl methyl sites for hydroxylation is 1. The number of H-pyrrole nitrogens is 1. The minimum absolute atomic E-state index is 0.277. The Bertz CT molecular complexity index is 925. The van der Waals surface area contributed by atoms with Gasteiger partial charge in [-0.3, -0.25) is 0 Å². The minimum atomic E-state index is -3.23. The summed E-state index contributed by atoms with van der Waals surface area (Å²) in [7, 11) is -1.40. The highest BCUT2D eigenvalue weighted by atomic mass is 32.2. The molecule has 6 nitrogen and oxygen atoms in total. The van der Waals surface area contributed by atoms with Gasteiger partial charge in [0, 0.05) is 13.3 Å². The van der Waals surface area contributed by atoms with Gasteiger partial charge < -0.3 is 10.3 Å². The summed E-state index contributed by atoms with van der Waals surface area (Å²) in [5.74, 6) is 0.686. The summed E-state index contributed by atoms with van der Waals surface area (Å²) in [6.07, 6.45) is 1.19. The monoisotopic (exact) mass is 322 g/mol. The molecule has 110 valence electrons. The largest absolute Gasteiger partial charge is 0.378 e.